The summed E-state index contributed by atoms with van der Waals surface area (Å²) < 4.78 is 11.7. The fourth-order valence-corrected chi connectivity index (χ4v) is 5.09. The van der Waals surface area contributed by atoms with Crippen molar-refractivity contribution in [1.82, 2.24) is 9.97 Å². The molecule has 3 aromatic heterocycles. The molecular weight excluding hydrogens is 432 g/mol. The quantitative estimate of drug-likeness (QED) is 0.273. The molecule has 0 unspecified atom stereocenters. The van der Waals surface area contributed by atoms with Crippen LogP contribution in [0.15, 0.2) is 63.4 Å². The molecule has 0 amide bonds. The van der Waals surface area contributed by atoms with Gasteiger partial charge in [0.1, 0.15) is 23.3 Å². The Morgan fingerprint density at radius 1 is 1.06 bits per heavy atom. The fraction of sp³-hybridized carbons (Fsp3) is 0.222. The van der Waals surface area contributed by atoms with Gasteiger partial charge in [0.05, 0.1) is 5.39 Å². The third-order valence-electron chi connectivity index (χ3n) is 5.90. The summed E-state index contributed by atoms with van der Waals surface area (Å²) in [6, 6.07) is 13.9. The van der Waals surface area contributed by atoms with Crippen LogP contribution >= 0.6 is 11.3 Å². The Hall–Kier alpha value is -3.51. The van der Waals surface area contributed by atoms with Gasteiger partial charge in [0.2, 0.25) is 5.88 Å². The van der Waals surface area contributed by atoms with Gasteiger partial charge in [-0.25, -0.2) is 14.8 Å². The van der Waals surface area contributed by atoms with Crippen LogP contribution in [0.5, 0.6) is 5.88 Å². The Morgan fingerprint density at radius 3 is 2.61 bits per heavy atom. The normalized spacial score (nSPS) is 11.5. The Kier molecular flexibility index (Phi) is 5.46. The molecule has 6 heteroatoms. The number of rotatable bonds is 5. The summed E-state index contributed by atoms with van der Waals surface area (Å²) in [5, 5.41) is 3.86. The van der Waals surface area contributed by atoms with Crippen LogP contribution in [0.4, 0.5) is 0 Å². The minimum absolute atomic E-state index is 0.206. The second-order valence-electron chi connectivity index (χ2n) is 8.61. The summed E-state index contributed by atoms with van der Waals surface area (Å²) in [5.41, 5.74) is 6.64. The van der Waals surface area contributed by atoms with E-state index in [0.717, 1.165) is 37.9 Å². The lowest BCUT2D eigenvalue weighted by Gasteiger charge is -2.13. The first-order chi connectivity index (χ1) is 15.9. The second-order valence-corrected chi connectivity index (χ2v) is 9.47. The van der Waals surface area contributed by atoms with E-state index in [0.29, 0.717) is 17.4 Å². The second kappa shape index (κ2) is 8.45. The molecule has 0 aliphatic heterocycles. The predicted octanol–water partition coefficient (Wildman–Crippen LogP) is 6.78. The highest BCUT2D eigenvalue weighted by molar-refractivity contribution is 7.17. The molecule has 0 fully saturated rings. The van der Waals surface area contributed by atoms with Gasteiger partial charge in [-0.2, -0.15) is 0 Å². The summed E-state index contributed by atoms with van der Waals surface area (Å²) in [7, 11) is 0. The van der Waals surface area contributed by atoms with Gasteiger partial charge < -0.3 is 9.15 Å². The van der Waals surface area contributed by atoms with Crippen molar-refractivity contribution < 1.29 is 9.15 Å². The third kappa shape index (κ3) is 4.02. The largest absolute Gasteiger partial charge is 0.472 e. The zero-order chi connectivity index (χ0) is 23.1. The van der Waals surface area contributed by atoms with Crippen LogP contribution in [0.1, 0.15) is 42.0 Å². The van der Waals surface area contributed by atoms with Crippen molar-refractivity contribution in [2.45, 2.75) is 40.2 Å². The molecule has 166 valence electrons. The minimum Gasteiger partial charge on any atom is -0.472 e. The SMILES string of the molecule is Cc1ccc(-c2csc3ncnc(OCc4cc(=O)oc5cc(C)c(C(C)C)cc45)c23)cc1. The molecule has 0 saturated carbocycles. The molecule has 0 atom stereocenters. The fourth-order valence-electron chi connectivity index (χ4n) is 4.18. The Bertz CT molecular complexity index is 1530. The average molecular weight is 457 g/mol. The van der Waals surface area contributed by atoms with Gasteiger partial charge in [0, 0.05) is 28.0 Å². The highest BCUT2D eigenvalue weighted by Crippen LogP contribution is 2.38. The molecule has 0 aliphatic rings. The van der Waals surface area contributed by atoms with Gasteiger partial charge in [0.15, 0.2) is 0 Å². The molecule has 0 aliphatic carbocycles. The first-order valence-corrected chi connectivity index (χ1v) is 11.8. The van der Waals surface area contributed by atoms with Crippen molar-refractivity contribution in [2.75, 3.05) is 0 Å². The van der Waals surface area contributed by atoms with Crippen LogP contribution in [-0.2, 0) is 6.61 Å². The van der Waals surface area contributed by atoms with E-state index in [1.54, 1.807) is 11.3 Å². The van der Waals surface area contributed by atoms with E-state index >= 15 is 0 Å². The first kappa shape index (κ1) is 21.3. The number of thiophene rings is 1. The highest BCUT2D eigenvalue weighted by atomic mass is 32.1. The molecule has 2 aromatic carbocycles. The minimum atomic E-state index is -0.387. The molecule has 33 heavy (non-hydrogen) atoms. The molecule has 5 nitrogen and oxygen atoms in total. The molecule has 5 aromatic rings. The molecule has 5 rings (SSSR count). The summed E-state index contributed by atoms with van der Waals surface area (Å²) in [5.74, 6) is 0.869. The van der Waals surface area contributed by atoms with Crippen molar-refractivity contribution >= 4 is 32.5 Å². The Labute approximate surface area is 195 Å². The van der Waals surface area contributed by atoms with Crippen LogP contribution in [0.3, 0.4) is 0 Å². The molecule has 0 N–H and O–H groups in total. The van der Waals surface area contributed by atoms with E-state index in [9.17, 15) is 4.79 Å². The van der Waals surface area contributed by atoms with Crippen molar-refractivity contribution in [3.8, 4) is 17.0 Å². The van der Waals surface area contributed by atoms with Crippen molar-refractivity contribution in [2.24, 2.45) is 0 Å². The molecule has 0 saturated heterocycles. The maximum Gasteiger partial charge on any atom is 0.336 e. The van der Waals surface area contributed by atoms with E-state index in [1.807, 2.05) is 13.0 Å². The zero-order valence-corrected chi connectivity index (χ0v) is 19.8. The van der Waals surface area contributed by atoms with E-state index in [4.69, 9.17) is 9.15 Å². The maximum atomic E-state index is 12.2. The van der Waals surface area contributed by atoms with Gasteiger partial charge in [-0.05, 0) is 48.6 Å². The average Bonchev–Trinajstić information content (AvgIpc) is 3.22. The number of hydrogen-bond donors (Lipinski definition) is 0. The van der Waals surface area contributed by atoms with E-state index in [-0.39, 0.29) is 12.2 Å². The number of nitrogens with zero attached hydrogens (tertiary/aromatic N) is 2. The lowest BCUT2D eigenvalue weighted by Crippen LogP contribution is -2.06. The zero-order valence-electron chi connectivity index (χ0n) is 19.0. The topological polar surface area (TPSA) is 65.2 Å². The number of aromatic nitrogens is 2. The molecule has 3 heterocycles. The van der Waals surface area contributed by atoms with Gasteiger partial charge in [-0.1, -0.05) is 43.7 Å². The number of ether oxygens (including phenoxy) is 1. The summed E-state index contributed by atoms with van der Waals surface area (Å²) >= 11 is 1.56. The summed E-state index contributed by atoms with van der Waals surface area (Å²) in [6.07, 6.45) is 1.52. The number of fused-ring (bicyclic) bond motifs is 2. The van der Waals surface area contributed by atoms with Gasteiger partial charge in [0.25, 0.3) is 0 Å². The summed E-state index contributed by atoms with van der Waals surface area (Å²) in [4.78, 5) is 22.0. The van der Waals surface area contributed by atoms with Crippen LogP contribution in [-0.4, -0.2) is 9.97 Å². The smallest absolute Gasteiger partial charge is 0.336 e. The van der Waals surface area contributed by atoms with Gasteiger partial charge >= 0.3 is 5.63 Å². The van der Waals surface area contributed by atoms with Gasteiger partial charge in [-0.15, -0.1) is 11.3 Å². The standard InChI is InChI=1S/C27H24N2O3S/c1-15(2)20-11-21-19(10-24(30)32-23(21)9-17(20)4)12-31-26-25-22(13-33-27(25)29-14-28-26)18-7-5-16(3)6-8-18/h5-11,13-15H,12H2,1-4H3. The lowest BCUT2D eigenvalue weighted by atomic mass is 9.95. The number of benzene rings is 2. The van der Waals surface area contributed by atoms with Crippen molar-refractivity contribution in [1.29, 1.82) is 0 Å². The lowest BCUT2D eigenvalue weighted by molar-refractivity contribution is 0.298. The van der Waals surface area contributed by atoms with Gasteiger partial charge in [-0.3, -0.25) is 0 Å². The van der Waals surface area contributed by atoms with Crippen LogP contribution < -0.4 is 10.4 Å². The van der Waals surface area contributed by atoms with E-state index in [2.05, 4.69) is 66.5 Å². The Morgan fingerprint density at radius 2 is 1.85 bits per heavy atom. The first-order valence-electron chi connectivity index (χ1n) is 10.9. The maximum absolute atomic E-state index is 12.2. The van der Waals surface area contributed by atoms with E-state index < -0.39 is 0 Å². The van der Waals surface area contributed by atoms with Crippen LogP contribution in [0, 0.1) is 13.8 Å². The predicted molar refractivity (Wildman–Crippen MR) is 133 cm³/mol. The summed E-state index contributed by atoms with van der Waals surface area (Å²) in [6.45, 7) is 8.63. The molecule has 0 radical (unpaired) electrons. The monoisotopic (exact) mass is 456 g/mol. The van der Waals surface area contributed by atoms with Crippen LogP contribution in [0.25, 0.3) is 32.3 Å². The van der Waals surface area contributed by atoms with Crippen LogP contribution in [0.2, 0.25) is 0 Å². The molecular formula is C27H24N2O3S. The van der Waals surface area contributed by atoms with E-state index in [1.165, 1.54) is 23.5 Å². The molecule has 0 spiro atoms. The van der Waals surface area contributed by atoms with Crippen molar-refractivity contribution in [3.63, 3.8) is 0 Å². The number of aryl methyl sites for hydroxylation is 2. The number of hydrogen-bond acceptors (Lipinski definition) is 6. The van der Waals surface area contributed by atoms with Crippen molar-refractivity contribution in [3.05, 3.63) is 86.8 Å². The highest BCUT2D eigenvalue weighted by Gasteiger charge is 2.16. The molecule has 0 bridgehead atoms. The third-order valence-corrected chi connectivity index (χ3v) is 6.79. The Balaban J connectivity index is 1.57.